The minimum atomic E-state index is -0.0517. The summed E-state index contributed by atoms with van der Waals surface area (Å²) in [6.45, 7) is 6.81. The van der Waals surface area contributed by atoms with Crippen LogP contribution in [0, 0.1) is 13.8 Å². The van der Waals surface area contributed by atoms with E-state index in [2.05, 4.69) is 15.4 Å². The summed E-state index contributed by atoms with van der Waals surface area (Å²) in [5, 5.41) is 6.83. The maximum atomic E-state index is 13.0. The monoisotopic (exact) mass is 448 g/mol. The van der Waals surface area contributed by atoms with E-state index in [9.17, 15) is 9.59 Å². The van der Waals surface area contributed by atoms with Gasteiger partial charge in [0.1, 0.15) is 18.1 Å². The van der Waals surface area contributed by atoms with E-state index in [1.807, 2.05) is 61.2 Å². The Kier molecular flexibility index (Phi) is 7.04. The third-order valence-corrected chi connectivity index (χ3v) is 5.73. The topological polar surface area (TPSA) is 87.9 Å². The highest BCUT2D eigenvalue weighted by atomic mass is 16.5. The Morgan fingerprint density at radius 3 is 2.48 bits per heavy atom. The third kappa shape index (κ3) is 5.78. The molecule has 0 aliphatic carbocycles. The van der Waals surface area contributed by atoms with Crippen LogP contribution in [0.3, 0.4) is 0 Å². The Labute approximate surface area is 193 Å². The van der Waals surface area contributed by atoms with Gasteiger partial charge in [0, 0.05) is 37.4 Å². The van der Waals surface area contributed by atoms with Crippen LogP contribution in [0.25, 0.3) is 0 Å². The van der Waals surface area contributed by atoms with Crippen molar-refractivity contribution in [2.75, 3.05) is 38.0 Å². The van der Waals surface area contributed by atoms with Crippen molar-refractivity contribution in [1.82, 2.24) is 15.0 Å². The fraction of sp³-hybridized carbons (Fsp3) is 0.320. The number of ether oxygens (including phenoxy) is 1. The lowest BCUT2D eigenvalue weighted by Crippen LogP contribution is -2.50. The predicted octanol–water partition coefficient (Wildman–Crippen LogP) is 3.27. The number of para-hydroxylation sites is 1. The number of carbonyl (C=O) groups excluding carboxylic acids is 2. The molecule has 0 unspecified atom stereocenters. The highest BCUT2D eigenvalue weighted by molar-refractivity contribution is 5.95. The van der Waals surface area contributed by atoms with Crippen molar-refractivity contribution in [3.63, 3.8) is 0 Å². The van der Waals surface area contributed by atoms with Crippen LogP contribution in [0.4, 0.5) is 5.69 Å². The van der Waals surface area contributed by atoms with Gasteiger partial charge in [-0.2, -0.15) is 0 Å². The molecule has 1 N–H and O–H groups in total. The van der Waals surface area contributed by atoms with Crippen LogP contribution in [-0.2, 0) is 11.4 Å². The minimum Gasteiger partial charge on any atom is -0.489 e. The molecule has 0 bridgehead atoms. The van der Waals surface area contributed by atoms with Gasteiger partial charge in [-0.1, -0.05) is 29.4 Å². The summed E-state index contributed by atoms with van der Waals surface area (Å²) in [5.74, 6) is 1.27. The molecule has 0 radical (unpaired) electrons. The number of piperazine rings is 1. The summed E-state index contributed by atoms with van der Waals surface area (Å²) < 4.78 is 11.0. The molecular weight excluding hydrogens is 420 g/mol. The summed E-state index contributed by atoms with van der Waals surface area (Å²) in [6.07, 6.45) is 0. The Bertz CT molecular complexity index is 1090. The molecule has 2 amide bonds. The Morgan fingerprint density at radius 2 is 1.79 bits per heavy atom. The van der Waals surface area contributed by atoms with Crippen LogP contribution >= 0.6 is 0 Å². The molecule has 172 valence electrons. The Balaban J connectivity index is 1.28. The first-order chi connectivity index (χ1) is 16.0. The number of aryl methyl sites for hydroxylation is 2. The van der Waals surface area contributed by atoms with E-state index < -0.39 is 0 Å². The second-order valence-corrected chi connectivity index (χ2v) is 8.10. The van der Waals surface area contributed by atoms with Gasteiger partial charge >= 0.3 is 0 Å². The van der Waals surface area contributed by atoms with Crippen molar-refractivity contribution >= 4 is 17.5 Å². The molecule has 8 nitrogen and oxygen atoms in total. The van der Waals surface area contributed by atoms with E-state index in [-0.39, 0.29) is 11.8 Å². The number of benzene rings is 2. The third-order valence-electron chi connectivity index (χ3n) is 5.73. The van der Waals surface area contributed by atoms with Crippen molar-refractivity contribution in [1.29, 1.82) is 0 Å². The van der Waals surface area contributed by atoms with Crippen molar-refractivity contribution in [3.8, 4) is 5.75 Å². The standard InChI is InChI=1S/C25H28N4O4/c1-18-23(19(2)33-27-18)17-32-22-10-6-7-20(15-22)25(31)29-13-11-28(12-14-29)16-24(30)26-21-8-4-3-5-9-21/h3-10,15H,11-14,16-17H2,1-2H3,(H,26,30). The highest BCUT2D eigenvalue weighted by Crippen LogP contribution is 2.20. The van der Waals surface area contributed by atoms with Gasteiger partial charge in [0.25, 0.3) is 5.91 Å². The van der Waals surface area contributed by atoms with E-state index in [1.54, 1.807) is 12.1 Å². The Hall–Kier alpha value is -3.65. The van der Waals surface area contributed by atoms with E-state index in [4.69, 9.17) is 9.26 Å². The van der Waals surface area contributed by atoms with Gasteiger partial charge < -0.3 is 19.5 Å². The first-order valence-electron chi connectivity index (χ1n) is 11.0. The van der Waals surface area contributed by atoms with Gasteiger partial charge in [0.05, 0.1) is 17.8 Å². The van der Waals surface area contributed by atoms with Crippen LogP contribution in [0.2, 0.25) is 0 Å². The maximum absolute atomic E-state index is 13.0. The second-order valence-electron chi connectivity index (χ2n) is 8.10. The normalized spacial score (nSPS) is 14.2. The van der Waals surface area contributed by atoms with Crippen molar-refractivity contribution < 1.29 is 18.8 Å². The average molecular weight is 449 g/mol. The molecule has 2 aromatic carbocycles. The smallest absolute Gasteiger partial charge is 0.254 e. The zero-order chi connectivity index (χ0) is 23.2. The van der Waals surface area contributed by atoms with Crippen LogP contribution in [-0.4, -0.2) is 59.5 Å². The number of carbonyl (C=O) groups is 2. The largest absolute Gasteiger partial charge is 0.489 e. The van der Waals surface area contributed by atoms with E-state index in [1.165, 1.54) is 0 Å². The second kappa shape index (κ2) is 10.3. The van der Waals surface area contributed by atoms with Crippen LogP contribution < -0.4 is 10.1 Å². The summed E-state index contributed by atoms with van der Waals surface area (Å²) in [4.78, 5) is 29.2. The quantitative estimate of drug-likeness (QED) is 0.597. The molecule has 0 atom stereocenters. The molecule has 1 aliphatic heterocycles. The first kappa shape index (κ1) is 22.5. The molecule has 8 heteroatoms. The van der Waals surface area contributed by atoms with Crippen LogP contribution in [0.1, 0.15) is 27.4 Å². The number of amides is 2. The number of rotatable bonds is 7. The van der Waals surface area contributed by atoms with Gasteiger partial charge in [-0.05, 0) is 44.2 Å². The fourth-order valence-electron chi connectivity index (χ4n) is 3.80. The zero-order valence-electron chi connectivity index (χ0n) is 18.9. The lowest BCUT2D eigenvalue weighted by Gasteiger charge is -2.34. The number of nitrogens with one attached hydrogen (secondary N) is 1. The van der Waals surface area contributed by atoms with Gasteiger partial charge in [-0.3, -0.25) is 14.5 Å². The van der Waals surface area contributed by atoms with Gasteiger partial charge in [0.2, 0.25) is 5.91 Å². The van der Waals surface area contributed by atoms with E-state index in [0.717, 1.165) is 22.7 Å². The van der Waals surface area contributed by atoms with Crippen LogP contribution in [0.15, 0.2) is 59.1 Å². The predicted molar refractivity (Wildman–Crippen MR) is 124 cm³/mol. The lowest BCUT2D eigenvalue weighted by molar-refractivity contribution is -0.117. The van der Waals surface area contributed by atoms with Gasteiger partial charge in [0.15, 0.2) is 0 Å². The van der Waals surface area contributed by atoms with Crippen LogP contribution in [0.5, 0.6) is 5.75 Å². The van der Waals surface area contributed by atoms with Crippen molar-refractivity contribution in [2.24, 2.45) is 0 Å². The molecule has 0 spiro atoms. The first-order valence-corrected chi connectivity index (χ1v) is 11.0. The summed E-state index contributed by atoms with van der Waals surface area (Å²) >= 11 is 0. The van der Waals surface area contributed by atoms with Crippen molar-refractivity contribution in [3.05, 3.63) is 77.2 Å². The molecule has 2 heterocycles. The number of aromatic nitrogens is 1. The number of nitrogens with zero attached hydrogens (tertiary/aromatic N) is 3. The summed E-state index contributed by atoms with van der Waals surface area (Å²) in [6, 6.07) is 16.6. The fourth-order valence-corrected chi connectivity index (χ4v) is 3.80. The van der Waals surface area contributed by atoms with Crippen molar-refractivity contribution in [2.45, 2.75) is 20.5 Å². The number of anilines is 1. The molecular formula is C25H28N4O4. The summed E-state index contributed by atoms with van der Waals surface area (Å²) in [7, 11) is 0. The highest BCUT2D eigenvalue weighted by Gasteiger charge is 2.23. The van der Waals surface area contributed by atoms with E-state index in [0.29, 0.717) is 50.6 Å². The average Bonchev–Trinajstić information content (AvgIpc) is 3.15. The molecule has 1 saturated heterocycles. The minimum absolute atomic E-state index is 0.0359. The SMILES string of the molecule is Cc1noc(C)c1COc1cccc(C(=O)N2CCN(CC(=O)Nc3ccccc3)CC2)c1. The summed E-state index contributed by atoms with van der Waals surface area (Å²) in [5.41, 5.74) is 3.09. The zero-order valence-corrected chi connectivity index (χ0v) is 18.9. The Morgan fingerprint density at radius 1 is 1.03 bits per heavy atom. The van der Waals surface area contributed by atoms with Gasteiger partial charge in [-0.25, -0.2) is 0 Å². The number of hydrogen-bond acceptors (Lipinski definition) is 6. The van der Waals surface area contributed by atoms with E-state index >= 15 is 0 Å². The molecule has 1 fully saturated rings. The maximum Gasteiger partial charge on any atom is 0.254 e. The number of hydrogen-bond donors (Lipinski definition) is 1. The molecule has 0 saturated carbocycles. The molecule has 33 heavy (non-hydrogen) atoms. The molecule has 1 aliphatic rings. The molecule has 1 aromatic heterocycles. The molecule has 4 rings (SSSR count). The molecule has 3 aromatic rings. The van der Waals surface area contributed by atoms with Gasteiger partial charge in [-0.15, -0.1) is 0 Å². The lowest BCUT2D eigenvalue weighted by atomic mass is 10.1.